The van der Waals surface area contributed by atoms with Crippen molar-refractivity contribution in [3.8, 4) is 0 Å². The molecule has 0 saturated heterocycles. The number of halogens is 3. The Morgan fingerprint density at radius 2 is 1.85 bits per heavy atom. The number of hydrazine groups is 2. The average molecular weight is 362 g/mol. The third kappa shape index (κ3) is 2.69. The zero-order valence-corrected chi connectivity index (χ0v) is 13.4. The molecule has 1 aromatic heterocycles. The van der Waals surface area contributed by atoms with E-state index in [1.54, 1.807) is 18.2 Å². The van der Waals surface area contributed by atoms with Crippen molar-refractivity contribution >= 4 is 33.9 Å². The van der Waals surface area contributed by atoms with Crippen molar-refractivity contribution in [1.82, 2.24) is 15.7 Å². The molecule has 0 fully saturated rings. The van der Waals surface area contributed by atoms with Crippen LogP contribution in [0.1, 0.15) is 21.6 Å². The maximum atomic E-state index is 13.4. The fraction of sp³-hybridized carbons (Fsp3) is 0.125. The maximum Gasteiger partial charge on any atom is 0.417 e. The van der Waals surface area contributed by atoms with Crippen LogP contribution in [0, 0.1) is 6.92 Å². The number of carbonyl (C=O) groups is 1. The van der Waals surface area contributed by atoms with Gasteiger partial charge in [-0.3, -0.25) is 9.89 Å². The molecular formula is C16H13F3N6O. The number of hydrogen-bond acceptors (Lipinski definition) is 5. The second kappa shape index (κ2) is 5.63. The van der Waals surface area contributed by atoms with Crippen LogP contribution in [-0.4, -0.2) is 16.1 Å². The molecule has 0 radical (unpaired) electrons. The number of nitrogens with zero attached hydrogens (tertiary/aromatic N) is 1. The number of hydrogen-bond donors (Lipinski definition) is 5. The van der Waals surface area contributed by atoms with Gasteiger partial charge in [-0.15, -0.1) is 5.53 Å². The SMILES string of the molecule is Cc1[nH]nc2ccc(NC(=O)c3cc4c(cc3C(F)(F)F)NNN4)cc12. The smallest absolute Gasteiger partial charge is 0.322 e. The van der Waals surface area contributed by atoms with Gasteiger partial charge in [-0.25, -0.2) is 0 Å². The van der Waals surface area contributed by atoms with Gasteiger partial charge in [0.1, 0.15) is 0 Å². The summed E-state index contributed by atoms with van der Waals surface area (Å²) in [5, 5.41) is 10.2. The fourth-order valence-corrected chi connectivity index (χ4v) is 2.81. The number of aromatic nitrogens is 2. The molecule has 10 heteroatoms. The molecule has 3 aromatic rings. The molecular weight excluding hydrogens is 349 g/mol. The molecule has 0 bridgehead atoms. The van der Waals surface area contributed by atoms with Crippen molar-refractivity contribution in [2.24, 2.45) is 0 Å². The summed E-state index contributed by atoms with van der Waals surface area (Å²) in [6, 6.07) is 6.97. The van der Waals surface area contributed by atoms with Crippen LogP contribution < -0.4 is 21.7 Å². The first kappa shape index (κ1) is 16.2. The van der Waals surface area contributed by atoms with E-state index in [0.29, 0.717) is 16.9 Å². The third-order valence-electron chi connectivity index (χ3n) is 4.10. The lowest BCUT2D eigenvalue weighted by atomic mass is 10.0. The number of H-pyrrole nitrogens is 1. The van der Waals surface area contributed by atoms with Crippen LogP contribution in [0.2, 0.25) is 0 Å². The Kier molecular flexibility index (Phi) is 3.51. The number of alkyl halides is 3. The highest BCUT2D eigenvalue weighted by atomic mass is 19.4. The third-order valence-corrected chi connectivity index (χ3v) is 4.10. The van der Waals surface area contributed by atoms with E-state index in [4.69, 9.17) is 0 Å². The van der Waals surface area contributed by atoms with Gasteiger partial charge in [0.05, 0.1) is 28.0 Å². The van der Waals surface area contributed by atoms with Gasteiger partial charge in [-0.05, 0) is 37.3 Å². The predicted molar refractivity (Wildman–Crippen MR) is 90.6 cm³/mol. The van der Waals surface area contributed by atoms with E-state index in [2.05, 4.69) is 31.9 Å². The number of benzene rings is 2. The van der Waals surface area contributed by atoms with Crippen molar-refractivity contribution in [2.75, 3.05) is 16.2 Å². The van der Waals surface area contributed by atoms with Crippen molar-refractivity contribution in [2.45, 2.75) is 13.1 Å². The summed E-state index contributed by atoms with van der Waals surface area (Å²) < 4.78 is 40.1. The standard InChI is InChI=1S/C16H13F3N6O/c1-7-9-4-8(2-3-12(9)22-21-7)20-15(26)10-5-13-14(24-25-23-13)6-11(10)16(17,18)19/h2-6,23-25H,1H3,(H,20,26)(H,21,22). The van der Waals surface area contributed by atoms with Gasteiger partial charge in [0, 0.05) is 16.8 Å². The van der Waals surface area contributed by atoms with Crippen LogP contribution >= 0.6 is 0 Å². The molecule has 1 aliphatic heterocycles. The van der Waals surface area contributed by atoms with E-state index < -0.39 is 23.2 Å². The first-order valence-electron chi connectivity index (χ1n) is 7.61. The Morgan fingerprint density at radius 1 is 1.12 bits per heavy atom. The van der Waals surface area contributed by atoms with Crippen LogP contribution in [0.25, 0.3) is 10.9 Å². The lowest BCUT2D eigenvalue weighted by Crippen LogP contribution is -2.19. The Bertz CT molecular complexity index is 1030. The predicted octanol–water partition coefficient (Wildman–Crippen LogP) is 3.40. The number of carbonyl (C=O) groups excluding carboxylic acids is 1. The molecule has 26 heavy (non-hydrogen) atoms. The molecule has 1 amide bonds. The summed E-state index contributed by atoms with van der Waals surface area (Å²) in [6.45, 7) is 1.81. The molecule has 0 spiro atoms. The van der Waals surface area contributed by atoms with E-state index in [0.717, 1.165) is 23.2 Å². The van der Waals surface area contributed by atoms with Crippen molar-refractivity contribution in [3.63, 3.8) is 0 Å². The molecule has 0 unspecified atom stereocenters. The summed E-state index contributed by atoms with van der Waals surface area (Å²) in [5.41, 5.74) is 8.64. The van der Waals surface area contributed by atoms with Gasteiger partial charge in [-0.2, -0.15) is 18.3 Å². The van der Waals surface area contributed by atoms with Gasteiger partial charge in [-0.1, -0.05) is 0 Å². The highest BCUT2D eigenvalue weighted by Crippen LogP contribution is 2.38. The van der Waals surface area contributed by atoms with E-state index in [-0.39, 0.29) is 5.69 Å². The highest BCUT2D eigenvalue weighted by Gasteiger charge is 2.37. The number of aromatic amines is 1. The number of amides is 1. The zero-order chi connectivity index (χ0) is 18.5. The molecule has 0 atom stereocenters. The lowest BCUT2D eigenvalue weighted by molar-refractivity contribution is -0.137. The van der Waals surface area contributed by atoms with Crippen LogP contribution in [0.5, 0.6) is 0 Å². The molecule has 2 aromatic carbocycles. The number of nitrogens with one attached hydrogen (secondary N) is 5. The number of fused-ring (bicyclic) bond motifs is 2. The van der Waals surface area contributed by atoms with Gasteiger partial charge in [0.25, 0.3) is 5.91 Å². The number of aryl methyl sites for hydroxylation is 1. The summed E-state index contributed by atoms with van der Waals surface area (Å²) in [5.74, 6) is -0.852. The second-order valence-corrected chi connectivity index (χ2v) is 5.85. The molecule has 7 nitrogen and oxygen atoms in total. The topological polar surface area (TPSA) is 93.9 Å². The zero-order valence-electron chi connectivity index (χ0n) is 13.4. The van der Waals surface area contributed by atoms with E-state index >= 15 is 0 Å². The lowest BCUT2D eigenvalue weighted by Gasteiger charge is -2.14. The normalized spacial score (nSPS) is 13.2. The molecule has 1 aliphatic rings. The molecule has 5 N–H and O–H groups in total. The van der Waals surface area contributed by atoms with E-state index in [1.165, 1.54) is 0 Å². The van der Waals surface area contributed by atoms with Crippen LogP contribution in [0.15, 0.2) is 30.3 Å². The second-order valence-electron chi connectivity index (χ2n) is 5.85. The summed E-state index contributed by atoms with van der Waals surface area (Å²) >= 11 is 0. The summed E-state index contributed by atoms with van der Waals surface area (Å²) in [6.07, 6.45) is -4.67. The Morgan fingerprint density at radius 3 is 2.58 bits per heavy atom. The Labute approximate surface area is 144 Å². The average Bonchev–Trinajstić information content (AvgIpc) is 3.19. The first-order valence-corrected chi connectivity index (χ1v) is 7.61. The van der Waals surface area contributed by atoms with Crippen molar-refractivity contribution in [3.05, 3.63) is 47.2 Å². The van der Waals surface area contributed by atoms with Gasteiger partial charge < -0.3 is 16.2 Å². The largest absolute Gasteiger partial charge is 0.417 e. The number of rotatable bonds is 2. The monoisotopic (exact) mass is 362 g/mol. The van der Waals surface area contributed by atoms with Crippen molar-refractivity contribution < 1.29 is 18.0 Å². The van der Waals surface area contributed by atoms with Crippen LogP contribution in [0.3, 0.4) is 0 Å². The Hall–Kier alpha value is -3.27. The van der Waals surface area contributed by atoms with Crippen LogP contribution in [-0.2, 0) is 6.18 Å². The quantitative estimate of drug-likeness (QED) is 0.482. The molecule has 134 valence electrons. The molecule has 0 saturated carbocycles. The van der Waals surface area contributed by atoms with Crippen molar-refractivity contribution in [1.29, 1.82) is 0 Å². The molecule has 2 heterocycles. The Balaban J connectivity index is 1.72. The fourth-order valence-electron chi connectivity index (χ4n) is 2.81. The van der Waals surface area contributed by atoms with Gasteiger partial charge in [0.2, 0.25) is 0 Å². The highest BCUT2D eigenvalue weighted by molar-refractivity contribution is 6.07. The minimum absolute atomic E-state index is 0.212. The van der Waals surface area contributed by atoms with Crippen LogP contribution in [0.4, 0.5) is 30.2 Å². The van der Waals surface area contributed by atoms with Gasteiger partial charge in [0.15, 0.2) is 0 Å². The molecule has 4 rings (SSSR count). The maximum absolute atomic E-state index is 13.4. The summed E-state index contributed by atoms with van der Waals surface area (Å²) in [4.78, 5) is 12.5. The van der Waals surface area contributed by atoms with Gasteiger partial charge >= 0.3 is 6.18 Å². The van der Waals surface area contributed by atoms with E-state index in [9.17, 15) is 18.0 Å². The number of anilines is 3. The first-order chi connectivity index (χ1) is 12.3. The van der Waals surface area contributed by atoms with E-state index in [1.807, 2.05) is 6.92 Å². The minimum Gasteiger partial charge on any atom is -0.322 e. The molecule has 0 aliphatic carbocycles. The summed E-state index contributed by atoms with van der Waals surface area (Å²) in [7, 11) is 0. The minimum atomic E-state index is -4.67.